The fourth-order valence-corrected chi connectivity index (χ4v) is 2.83. The summed E-state index contributed by atoms with van der Waals surface area (Å²) in [5.41, 5.74) is 9.31. The maximum atomic E-state index is 11.5. The Morgan fingerprint density at radius 2 is 1.70 bits per heavy atom. The van der Waals surface area contributed by atoms with Crippen LogP contribution in [-0.4, -0.2) is 19.0 Å². The molecule has 3 aromatic rings. The highest BCUT2D eigenvalue weighted by Crippen LogP contribution is 2.28. The molecule has 3 aromatic carbocycles. The van der Waals surface area contributed by atoms with Gasteiger partial charge in [-0.3, -0.25) is 4.79 Å². The van der Waals surface area contributed by atoms with Crippen LogP contribution in [0.2, 0.25) is 0 Å². The highest BCUT2D eigenvalue weighted by Gasteiger charge is 2.12. The van der Waals surface area contributed by atoms with Gasteiger partial charge in [-0.15, -0.1) is 0 Å². The van der Waals surface area contributed by atoms with E-state index in [4.69, 9.17) is 5.73 Å². The van der Waals surface area contributed by atoms with E-state index in [2.05, 4.69) is 59.9 Å². The maximum Gasteiger partial charge on any atom is 0.237 e. The molecule has 0 radical (unpaired) electrons. The standard InChI is InChI=1S/C20H20N2O/c1-22-20(23)19(21)13-14-9-11-16(12-10-14)18-8-4-6-15-5-2-3-7-17(15)18/h2-12,19H,13,21H2,1H3,(H,22,23). The van der Waals surface area contributed by atoms with Gasteiger partial charge >= 0.3 is 0 Å². The van der Waals surface area contributed by atoms with Gasteiger partial charge in [0.05, 0.1) is 6.04 Å². The van der Waals surface area contributed by atoms with Crippen molar-refractivity contribution in [2.24, 2.45) is 5.73 Å². The first-order valence-corrected chi connectivity index (χ1v) is 7.73. The summed E-state index contributed by atoms with van der Waals surface area (Å²) in [4.78, 5) is 11.5. The van der Waals surface area contributed by atoms with Crippen molar-refractivity contribution in [1.82, 2.24) is 5.32 Å². The van der Waals surface area contributed by atoms with Crippen molar-refractivity contribution >= 4 is 16.7 Å². The largest absolute Gasteiger partial charge is 0.358 e. The van der Waals surface area contributed by atoms with Crippen molar-refractivity contribution < 1.29 is 4.79 Å². The first-order valence-electron chi connectivity index (χ1n) is 7.73. The molecule has 1 atom stereocenters. The second kappa shape index (κ2) is 6.63. The molecule has 0 spiro atoms. The molecule has 3 N–H and O–H groups in total. The van der Waals surface area contributed by atoms with E-state index in [0.29, 0.717) is 6.42 Å². The van der Waals surface area contributed by atoms with Crippen molar-refractivity contribution in [2.75, 3.05) is 7.05 Å². The third-order valence-corrected chi connectivity index (χ3v) is 4.09. The SMILES string of the molecule is CNC(=O)C(N)Cc1ccc(-c2cccc3ccccc23)cc1. The van der Waals surface area contributed by atoms with Gasteiger partial charge < -0.3 is 11.1 Å². The third kappa shape index (κ3) is 3.25. The number of nitrogens with two attached hydrogens (primary N) is 1. The number of carbonyl (C=O) groups excluding carboxylic acids is 1. The van der Waals surface area contributed by atoms with Crippen LogP contribution in [-0.2, 0) is 11.2 Å². The molecule has 0 saturated heterocycles. The lowest BCUT2D eigenvalue weighted by Gasteiger charge is -2.11. The van der Waals surface area contributed by atoms with E-state index in [9.17, 15) is 4.79 Å². The summed E-state index contributed by atoms with van der Waals surface area (Å²) in [5, 5.41) is 5.05. The predicted octanol–water partition coefficient (Wildman–Crippen LogP) is 3.12. The van der Waals surface area contributed by atoms with E-state index in [1.807, 2.05) is 12.1 Å². The lowest BCUT2D eigenvalue weighted by Crippen LogP contribution is -2.40. The van der Waals surface area contributed by atoms with Gasteiger partial charge in [-0.25, -0.2) is 0 Å². The van der Waals surface area contributed by atoms with E-state index in [-0.39, 0.29) is 5.91 Å². The molecule has 0 heterocycles. The third-order valence-electron chi connectivity index (χ3n) is 4.09. The number of nitrogens with one attached hydrogen (secondary N) is 1. The van der Waals surface area contributed by atoms with Crippen molar-refractivity contribution in [2.45, 2.75) is 12.5 Å². The minimum absolute atomic E-state index is 0.136. The van der Waals surface area contributed by atoms with E-state index >= 15 is 0 Å². The Bertz CT molecular complexity index is 819. The monoisotopic (exact) mass is 304 g/mol. The average molecular weight is 304 g/mol. The van der Waals surface area contributed by atoms with Gasteiger partial charge in [-0.1, -0.05) is 66.7 Å². The van der Waals surface area contributed by atoms with Crippen LogP contribution in [0.15, 0.2) is 66.7 Å². The molecule has 0 aliphatic rings. The quantitative estimate of drug-likeness (QED) is 0.778. The molecular formula is C20H20N2O. The van der Waals surface area contributed by atoms with Gasteiger partial charge in [0, 0.05) is 7.05 Å². The van der Waals surface area contributed by atoms with Crippen molar-refractivity contribution in [3.05, 3.63) is 72.3 Å². The van der Waals surface area contributed by atoms with Crippen LogP contribution in [0.3, 0.4) is 0 Å². The molecule has 3 heteroatoms. The summed E-state index contributed by atoms with van der Waals surface area (Å²) >= 11 is 0. The van der Waals surface area contributed by atoms with Crippen LogP contribution in [0.4, 0.5) is 0 Å². The van der Waals surface area contributed by atoms with E-state index in [1.165, 1.54) is 21.9 Å². The van der Waals surface area contributed by atoms with E-state index in [1.54, 1.807) is 7.05 Å². The molecule has 1 amide bonds. The van der Waals surface area contributed by atoms with E-state index < -0.39 is 6.04 Å². The van der Waals surface area contributed by atoms with Crippen LogP contribution in [0, 0.1) is 0 Å². The molecule has 0 aliphatic carbocycles. The number of hydrogen-bond donors (Lipinski definition) is 2. The van der Waals surface area contributed by atoms with Crippen LogP contribution < -0.4 is 11.1 Å². The second-order valence-corrected chi connectivity index (χ2v) is 5.65. The highest BCUT2D eigenvalue weighted by molar-refractivity contribution is 5.96. The van der Waals surface area contributed by atoms with Crippen molar-refractivity contribution in [1.29, 1.82) is 0 Å². The smallest absolute Gasteiger partial charge is 0.237 e. The molecule has 0 saturated carbocycles. The molecule has 0 bridgehead atoms. The van der Waals surface area contributed by atoms with Gasteiger partial charge in [0.25, 0.3) is 0 Å². The zero-order valence-electron chi connectivity index (χ0n) is 13.1. The Morgan fingerprint density at radius 1 is 1.00 bits per heavy atom. The van der Waals surface area contributed by atoms with Crippen LogP contribution in [0.1, 0.15) is 5.56 Å². The number of rotatable bonds is 4. The minimum Gasteiger partial charge on any atom is -0.358 e. The summed E-state index contributed by atoms with van der Waals surface area (Å²) < 4.78 is 0. The lowest BCUT2D eigenvalue weighted by molar-refractivity contribution is -0.121. The molecule has 0 aromatic heterocycles. The molecule has 23 heavy (non-hydrogen) atoms. The van der Waals surface area contributed by atoms with Crippen LogP contribution in [0.25, 0.3) is 21.9 Å². The molecule has 3 rings (SSSR count). The first kappa shape index (κ1) is 15.3. The van der Waals surface area contributed by atoms with E-state index in [0.717, 1.165) is 5.56 Å². The number of amides is 1. The predicted molar refractivity (Wildman–Crippen MR) is 95.1 cm³/mol. The fraction of sp³-hybridized carbons (Fsp3) is 0.150. The molecule has 0 aliphatic heterocycles. The maximum absolute atomic E-state index is 11.5. The Morgan fingerprint density at radius 3 is 2.43 bits per heavy atom. The topological polar surface area (TPSA) is 55.1 Å². The van der Waals surface area contributed by atoms with Gasteiger partial charge in [-0.2, -0.15) is 0 Å². The first-order chi connectivity index (χ1) is 11.2. The molecule has 1 unspecified atom stereocenters. The van der Waals surface area contributed by atoms with Crippen molar-refractivity contribution in [3.63, 3.8) is 0 Å². The number of carbonyl (C=O) groups is 1. The average Bonchev–Trinajstić information content (AvgIpc) is 2.61. The van der Waals surface area contributed by atoms with Crippen LogP contribution in [0.5, 0.6) is 0 Å². The lowest BCUT2D eigenvalue weighted by atomic mass is 9.96. The summed E-state index contributed by atoms with van der Waals surface area (Å²) in [6.07, 6.45) is 0.537. The fourth-order valence-electron chi connectivity index (χ4n) is 2.83. The Kier molecular flexibility index (Phi) is 4.40. The molecule has 116 valence electrons. The zero-order valence-corrected chi connectivity index (χ0v) is 13.1. The summed E-state index contributed by atoms with van der Waals surface area (Å²) in [5.74, 6) is -0.136. The molecular weight excluding hydrogens is 284 g/mol. The van der Waals surface area contributed by atoms with Gasteiger partial charge in [-0.05, 0) is 33.9 Å². The van der Waals surface area contributed by atoms with Gasteiger partial charge in [0.15, 0.2) is 0 Å². The number of likely N-dealkylation sites (N-methyl/N-ethyl adjacent to an activating group) is 1. The minimum atomic E-state index is -0.511. The number of benzene rings is 3. The Balaban J connectivity index is 1.88. The summed E-state index contributed by atoms with van der Waals surface area (Å²) in [7, 11) is 1.60. The van der Waals surface area contributed by atoms with Gasteiger partial charge in [0.2, 0.25) is 5.91 Å². The zero-order chi connectivity index (χ0) is 16.2. The second-order valence-electron chi connectivity index (χ2n) is 5.65. The van der Waals surface area contributed by atoms with Crippen LogP contribution >= 0.6 is 0 Å². The Labute approximate surface area is 136 Å². The normalized spacial score (nSPS) is 12.1. The highest BCUT2D eigenvalue weighted by atomic mass is 16.2. The van der Waals surface area contributed by atoms with Gasteiger partial charge in [0.1, 0.15) is 0 Å². The Hall–Kier alpha value is -2.65. The summed E-state index contributed by atoms with van der Waals surface area (Å²) in [6.45, 7) is 0. The molecule has 3 nitrogen and oxygen atoms in total. The molecule has 0 fully saturated rings. The number of hydrogen-bond acceptors (Lipinski definition) is 2. The van der Waals surface area contributed by atoms with Crippen molar-refractivity contribution in [3.8, 4) is 11.1 Å². The number of fused-ring (bicyclic) bond motifs is 1. The summed E-state index contributed by atoms with van der Waals surface area (Å²) in [6, 6.07) is 22.5.